The van der Waals surface area contributed by atoms with Crippen LogP contribution in [0, 0.1) is 0 Å². The Hall–Kier alpha value is -1.25. The Balaban J connectivity index is 1.98. The van der Waals surface area contributed by atoms with Gasteiger partial charge in [0.2, 0.25) is 0 Å². The molecule has 0 unspecified atom stereocenters. The smallest absolute Gasteiger partial charge is 0.119 e. The molecule has 0 saturated carbocycles. The van der Waals surface area contributed by atoms with Crippen molar-refractivity contribution in [3.05, 3.63) is 59.1 Å². The van der Waals surface area contributed by atoms with Crippen molar-refractivity contribution in [2.24, 2.45) is 0 Å². The number of benzene rings is 2. The molecule has 0 radical (unpaired) electrons. The zero-order chi connectivity index (χ0) is 13.9. The van der Waals surface area contributed by atoms with Crippen molar-refractivity contribution < 1.29 is 4.74 Å². The van der Waals surface area contributed by atoms with E-state index >= 15 is 0 Å². The van der Waals surface area contributed by atoms with Gasteiger partial charge in [0.15, 0.2) is 0 Å². The van der Waals surface area contributed by atoms with Crippen LogP contribution in [0.3, 0.4) is 0 Å². The summed E-state index contributed by atoms with van der Waals surface area (Å²) < 4.78 is 5.73. The highest BCUT2D eigenvalue weighted by molar-refractivity contribution is 6.88. The summed E-state index contributed by atoms with van der Waals surface area (Å²) in [7, 11) is -1.20. The number of hydrogen-bond acceptors (Lipinski definition) is 1. The van der Waals surface area contributed by atoms with E-state index in [2.05, 4.69) is 43.9 Å². The Morgan fingerprint density at radius 2 is 1.47 bits per heavy atom. The highest BCUT2D eigenvalue weighted by Gasteiger charge is 2.15. The SMILES string of the molecule is C[Si](C)(C)c1ccc(COc2ccc(Cl)cc2)cc1. The van der Waals surface area contributed by atoms with Crippen LogP contribution in [0.5, 0.6) is 5.75 Å². The van der Waals surface area contributed by atoms with Gasteiger partial charge in [-0.05, 0) is 29.8 Å². The molecule has 100 valence electrons. The Morgan fingerprint density at radius 3 is 2.00 bits per heavy atom. The molecule has 0 aliphatic carbocycles. The van der Waals surface area contributed by atoms with E-state index in [1.165, 1.54) is 10.8 Å². The van der Waals surface area contributed by atoms with Crippen LogP contribution in [0.1, 0.15) is 5.56 Å². The minimum absolute atomic E-state index is 0.591. The van der Waals surface area contributed by atoms with Crippen molar-refractivity contribution in [1.82, 2.24) is 0 Å². The highest BCUT2D eigenvalue weighted by atomic mass is 35.5. The average Bonchev–Trinajstić information content (AvgIpc) is 2.37. The van der Waals surface area contributed by atoms with Crippen LogP contribution in [0.25, 0.3) is 0 Å². The third-order valence-electron chi connectivity index (χ3n) is 3.04. The summed E-state index contributed by atoms with van der Waals surface area (Å²) in [4.78, 5) is 0. The molecule has 2 aromatic carbocycles. The molecule has 2 rings (SSSR count). The fourth-order valence-corrected chi connectivity index (χ4v) is 3.09. The van der Waals surface area contributed by atoms with Crippen LogP contribution in [-0.2, 0) is 6.61 Å². The van der Waals surface area contributed by atoms with Gasteiger partial charge in [0.1, 0.15) is 12.4 Å². The van der Waals surface area contributed by atoms with Crippen molar-refractivity contribution in [1.29, 1.82) is 0 Å². The van der Waals surface area contributed by atoms with Gasteiger partial charge >= 0.3 is 0 Å². The Morgan fingerprint density at radius 1 is 0.895 bits per heavy atom. The molecule has 0 N–H and O–H groups in total. The van der Waals surface area contributed by atoms with E-state index in [-0.39, 0.29) is 0 Å². The van der Waals surface area contributed by atoms with Crippen molar-refractivity contribution in [2.75, 3.05) is 0 Å². The summed E-state index contributed by atoms with van der Waals surface area (Å²) in [5.74, 6) is 0.846. The van der Waals surface area contributed by atoms with Gasteiger partial charge in [0.25, 0.3) is 0 Å². The molecule has 0 bridgehead atoms. The van der Waals surface area contributed by atoms with E-state index < -0.39 is 8.07 Å². The van der Waals surface area contributed by atoms with Gasteiger partial charge in [-0.1, -0.05) is 60.7 Å². The monoisotopic (exact) mass is 290 g/mol. The Labute approximate surface area is 121 Å². The van der Waals surface area contributed by atoms with Gasteiger partial charge in [-0.25, -0.2) is 0 Å². The molecule has 0 aliphatic heterocycles. The molecule has 3 heteroatoms. The molecule has 19 heavy (non-hydrogen) atoms. The quantitative estimate of drug-likeness (QED) is 0.755. The zero-order valence-electron chi connectivity index (χ0n) is 11.6. The van der Waals surface area contributed by atoms with E-state index in [0.29, 0.717) is 6.61 Å². The standard InChI is InChI=1S/C16H19ClOSi/c1-19(2,3)16-10-4-13(5-11-16)12-18-15-8-6-14(17)7-9-15/h4-11H,12H2,1-3H3. The van der Waals surface area contributed by atoms with Crippen LogP contribution in [0.2, 0.25) is 24.7 Å². The normalized spacial score (nSPS) is 11.4. The maximum Gasteiger partial charge on any atom is 0.119 e. The first-order valence-electron chi connectivity index (χ1n) is 6.43. The van der Waals surface area contributed by atoms with Crippen LogP contribution in [0.4, 0.5) is 0 Å². The van der Waals surface area contributed by atoms with E-state index in [1.54, 1.807) is 0 Å². The summed E-state index contributed by atoms with van der Waals surface area (Å²) >= 11 is 5.84. The summed E-state index contributed by atoms with van der Waals surface area (Å²) in [5, 5.41) is 2.20. The van der Waals surface area contributed by atoms with Gasteiger partial charge in [-0.2, -0.15) is 0 Å². The fraction of sp³-hybridized carbons (Fsp3) is 0.250. The number of halogens is 1. The van der Waals surface area contributed by atoms with Crippen molar-refractivity contribution >= 4 is 24.9 Å². The molecule has 0 heterocycles. The molecule has 2 aromatic rings. The maximum absolute atomic E-state index is 5.84. The minimum Gasteiger partial charge on any atom is -0.489 e. The molecule has 0 saturated heterocycles. The Bertz CT molecular complexity index is 526. The lowest BCUT2D eigenvalue weighted by atomic mass is 10.2. The summed E-state index contributed by atoms with van der Waals surface area (Å²) in [6, 6.07) is 16.2. The first-order chi connectivity index (χ1) is 8.95. The fourth-order valence-electron chi connectivity index (χ4n) is 1.80. The molecule has 0 amide bonds. The third kappa shape index (κ3) is 4.12. The van der Waals surface area contributed by atoms with Crippen molar-refractivity contribution in [2.45, 2.75) is 26.2 Å². The van der Waals surface area contributed by atoms with Crippen LogP contribution in [0.15, 0.2) is 48.5 Å². The lowest BCUT2D eigenvalue weighted by Crippen LogP contribution is -2.37. The number of ether oxygens (including phenoxy) is 1. The van der Waals surface area contributed by atoms with E-state index in [1.807, 2.05) is 24.3 Å². The molecular formula is C16H19ClOSi. The van der Waals surface area contributed by atoms with Gasteiger partial charge in [-0.3, -0.25) is 0 Å². The average molecular weight is 291 g/mol. The summed E-state index contributed by atoms with van der Waals surface area (Å²) in [5.41, 5.74) is 1.19. The summed E-state index contributed by atoms with van der Waals surface area (Å²) in [6.45, 7) is 7.65. The van der Waals surface area contributed by atoms with E-state index in [0.717, 1.165) is 10.8 Å². The second kappa shape index (κ2) is 5.80. The van der Waals surface area contributed by atoms with Crippen LogP contribution >= 0.6 is 11.6 Å². The molecule has 0 aliphatic rings. The van der Waals surface area contributed by atoms with Crippen molar-refractivity contribution in [3.8, 4) is 5.75 Å². The Kier molecular flexibility index (Phi) is 4.33. The molecule has 0 fully saturated rings. The number of rotatable bonds is 4. The van der Waals surface area contributed by atoms with Gasteiger partial charge in [0, 0.05) is 5.02 Å². The van der Waals surface area contributed by atoms with Gasteiger partial charge < -0.3 is 4.74 Å². The van der Waals surface area contributed by atoms with Crippen LogP contribution < -0.4 is 9.92 Å². The molecule has 0 aromatic heterocycles. The topological polar surface area (TPSA) is 9.23 Å². The van der Waals surface area contributed by atoms with Gasteiger partial charge in [-0.15, -0.1) is 0 Å². The number of hydrogen-bond donors (Lipinski definition) is 0. The summed E-state index contributed by atoms with van der Waals surface area (Å²) in [6.07, 6.45) is 0. The third-order valence-corrected chi connectivity index (χ3v) is 5.36. The zero-order valence-corrected chi connectivity index (χ0v) is 13.4. The predicted molar refractivity (Wildman–Crippen MR) is 85.2 cm³/mol. The van der Waals surface area contributed by atoms with Crippen molar-refractivity contribution in [3.63, 3.8) is 0 Å². The molecule has 0 spiro atoms. The highest BCUT2D eigenvalue weighted by Crippen LogP contribution is 2.16. The predicted octanol–water partition coefficient (Wildman–Crippen LogP) is 4.46. The van der Waals surface area contributed by atoms with Gasteiger partial charge in [0.05, 0.1) is 8.07 Å². The maximum atomic E-state index is 5.84. The minimum atomic E-state index is -1.20. The van der Waals surface area contributed by atoms with E-state index in [4.69, 9.17) is 16.3 Å². The lowest BCUT2D eigenvalue weighted by Gasteiger charge is -2.16. The lowest BCUT2D eigenvalue weighted by molar-refractivity contribution is 0.306. The largest absolute Gasteiger partial charge is 0.489 e. The second-order valence-electron chi connectivity index (χ2n) is 5.69. The van der Waals surface area contributed by atoms with E-state index in [9.17, 15) is 0 Å². The molecule has 0 atom stereocenters. The second-order valence-corrected chi connectivity index (χ2v) is 11.2. The van der Waals surface area contributed by atoms with Crippen LogP contribution in [-0.4, -0.2) is 8.07 Å². The molecular weight excluding hydrogens is 272 g/mol. The first-order valence-corrected chi connectivity index (χ1v) is 10.3. The first kappa shape index (κ1) is 14.2. The molecule has 1 nitrogen and oxygen atoms in total.